The molecule has 0 aromatic rings. The van der Waals surface area contributed by atoms with Gasteiger partial charge in [0.2, 0.25) is 0 Å². The van der Waals surface area contributed by atoms with Crippen molar-refractivity contribution in [2.45, 2.75) is 83.7 Å². The van der Waals surface area contributed by atoms with Gasteiger partial charge in [0.15, 0.2) is 0 Å². The lowest BCUT2D eigenvalue weighted by Gasteiger charge is -2.50. The third-order valence-corrected chi connectivity index (χ3v) is 5.98. The van der Waals surface area contributed by atoms with Crippen LogP contribution in [0.5, 0.6) is 0 Å². The first-order valence-electron chi connectivity index (χ1n) is 8.58. The fourth-order valence-electron chi connectivity index (χ4n) is 4.59. The van der Waals surface area contributed by atoms with E-state index in [2.05, 4.69) is 25.7 Å². The van der Waals surface area contributed by atoms with Crippen LogP contribution in [0, 0.1) is 11.8 Å². The van der Waals surface area contributed by atoms with Gasteiger partial charge in [-0.2, -0.15) is 0 Å². The van der Waals surface area contributed by atoms with Gasteiger partial charge < -0.3 is 5.73 Å². The Balaban J connectivity index is 2.08. The molecule has 4 atom stereocenters. The van der Waals surface area contributed by atoms with Gasteiger partial charge in [-0.15, -0.1) is 0 Å². The number of hydrogen-bond donors (Lipinski definition) is 1. The standard InChI is InChI=1S/C17H34N2/c1-4-16-6-5-9-17(13-18,10-7-16)19-11-8-14(2)12-15(19)3/h14-16H,4-13,18H2,1-3H3. The van der Waals surface area contributed by atoms with Gasteiger partial charge >= 0.3 is 0 Å². The molecular weight excluding hydrogens is 232 g/mol. The lowest BCUT2D eigenvalue weighted by Crippen LogP contribution is -2.59. The summed E-state index contributed by atoms with van der Waals surface area (Å²) in [5.41, 5.74) is 6.60. The quantitative estimate of drug-likeness (QED) is 0.787. The van der Waals surface area contributed by atoms with E-state index in [-0.39, 0.29) is 0 Å². The number of nitrogens with zero attached hydrogens (tertiary/aromatic N) is 1. The highest BCUT2D eigenvalue weighted by Gasteiger charge is 2.41. The Morgan fingerprint density at radius 2 is 1.95 bits per heavy atom. The molecule has 4 unspecified atom stereocenters. The van der Waals surface area contributed by atoms with Gasteiger partial charge in [0.05, 0.1) is 0 Å². The molecule has 2 aliphatic rings. The van der Waals surface area contributed by atoms with Crippen LogP contribution in [0.25, 0.3) is 0 Å². The average Bonchev–Trinajstić information content (AvgIpc) is 2.61. The van der Waals surface area contributed by atoms with Crippen LogP contribution in [-0.4, -0.2) is 29.6 Å². The van der Waals surface area contributed by atoms with E-state index in [1.54, 1.807) is 0 Å². The maximum absolute atomic E-state index is 6.28. The van der Waals surface area contributed by atoms with E-state index < -0.39 is 0 Å². The average molecular weight is 266 g/mol. The molecule has 2 nitrogen and oxygen atoms in total. The minimum absolute atomic E-state index is 0.323. The molecular formula is C17H34N2. The fraction of sp³-hybridized carbons (Fsp3) is 1.00. The molecule has 19 heavy (non-hydrogen) atoms. The van der Waals surface area contributed by atoms with Crippen molar-refractivity contribution in [3.05, 3.63) is 0 Å². The zero-order valence-corrected chi connectivity index (χ0v) is 13.3. The first kappa shape index (κ1) is 15.3. The molecule has 2 rings (SSSR count). The summed E-state index contributed by atoms with van der Waals surface area (Å²) < 4.78 is 0. The second-order valence-corrected chi connectivity index (χ2v) is 7.31. The van der Waals surface area contributed by atoms with E-state index in [9.17, 15) is 0 Å². The maximum atomic E-state index is 6.28. The van der Waals surface area contributed by atoms with Crippen molar-refractivity contribution >= 4 is 0 Å². The van der Waals surface area contributed by atoms with E-state index in [1.807, 2.05) is 0 Å². The molecule has 2 fully saturated rings. The normalized spacial score (nSPS) is 42.0. The highest BCUT2D eigenvalue weighted by Crippen LogP contribution is 2.39. The van der Waals surface area contributed by atoms with Gasteiger partial charge in [0.25, 0.3) is 0 Å². The van der Waals surface area contributed by atoms with Gasteiger partial charge in [-0.25, -0.2) is 0 Å². The smallest absolute Gasteiger partial charge is 0.0334 e. The van der Waals surface area contributed by atoms with Crippen molar-refractivity contribution in [1.82, 2.24) is 4.90 Å². The van der Waals surface area contributed by atoms with Crippen LogP contribution in [-0.2, 0) is 0 Å². The number of rotatable bonds is 3. The largest absolute Gasteiger partial charge is 0.329 e. The summed E-state index contributed by atoms with van der Waals surface area (Å²) in [7, 11) is 0. The van der Waals surface area contributed by atoms with Crippen molar-refractivity contribution < 1.29 is 0 Å². The molecule has 0 amide bonds. The highest BCUT2D eigenvalue weighted by atomic mass is 15.2. The maximum Gasteiger partial charge on any atom is 0.0334 e. The predicted molar refractivity (Wildman–Crippen MR) is 83.2 cm³/mol. The van der Waals surface area contributed by atoms with Crippen molar-refractivity contribution in [2.75, 3.05) is 13.1 Å². The molecule has 1 saturated heterocycles. The molecule has 112 valence electrons. The van der Waals surface area contributed by atoms with Crippen LogP contribution in [0.15, 0.2) is 0 Å². The number of hydrogen-bond acceptors (Lipinski definition) is 2. The summed E-state index contributed by atoms with van der Waals surface area (Å²) >= 11 is 0. The lowest BCUT2D eigenvalue weighted by molar-refractivity contribution is 0.00417. The first-order chi connectivity index (χ1) is 9.11. The Morgan fingerprint density at radius 1 is 1.16 bits per heavy atom. The summed E-state index contributed by atoms with van der Waals surface area (Å²) in [6, 6.07) is 0.727. The molecule has 0 radical (unpaired) electrons. The molecule has 1 aliphatic heterocycles. The van der Waals surface area contributed by atoms with Crippen molar-refractivity contribution in [2.24, 2.45) is 17.6 Å². The van der Waals surface area contributed by atoms with Gasteiger partial charge in [-0.1, -0.05) is 33.1 Å². The minimum atomic E-state index is 0.323. The van der Waals surface area contributed by atoms with Crippen LogP contribution < -0.4 is 5.73 Å². The van der Waals surface area contributed by atoms with Crippen LogP contribution in [0.1, 0.15) is 72.1 Å². The molecule has 0 aromatic carbocycles. The summed E-state index contributed by atoms with van der Waals surface area (Å²) in [6.07, 6.45) is 11.0. The SMILES string of the molecule is CCC1CCCC(CN)(N2CCC(C)CC2C)CC1. The van der Waals surface area contributed by atoms with Crippen LogP contribution in [0.2, 0.25) is 0 Å². The monoisotopic (exact) mass is 266 g/mol. The molecule has 0 bridgehead atoms. The van der Waals surface area contributed by atoms with E-state index in [0.717, 1.165) is 24.4 Å². The molecule has 0 aromatic heterocycles. The van der Waals surface area contributed by atoms with E-state index in [4.69, 9.17) is 5.73 Å². The first-order valence-corrected chi connectivity index (χ1v) is 8.58. The van der Waals surface area contributed by atoms with Gasteiger partial charge in [-0.3, -0.25) is 4.90 Å². The molecule has 2 heteroatoms. The van der Waals surface area contributed by atoms with E-state index in [0.29, 0.717) is 5.54 Å². The molecule has 1 aliphatic carbocycles. The second-order valence-electron chi connectivity index (χ2n) is 7.31. The number of piperidine rings is 1. The van der Waals surface area contributed by atoms with Crippen molar-refractivity contribution in [1.29, 1.82) is 0 Å². The third-order valence-electron chi connectivity index (χ3n) is 5.98. The van der Waals surface area contributed by atoms with Gasteiger partial charge in [-0.05, 0) is 57.4 Å². The third kappa shape index (κ3) is 3.33. The van der Waals surface area contributed by atoms with Crippen molar-refractivity contribution in [3.63, 3.8) is 0 Å². The Hall–Kier alpha value is -0.0800. The zero-order chi connectivity index (χ0) is 13.9. The van der Waals surface area contributed by atoms with Crippen LogP contribution in [0.3, 0.4) is 0 Å². The topological polar surface area (TPSA) is 29.3 Å². The Morgan fingerprint density at radius 3 is 2.58 bits per heavy atom. The predicted octanol–water partition coefficient (Wildman–Crippen LogP) is 3.79. The second kappa shape index (κ2) is 6.58. The molecule has 1 heterocycles. The molecule has 2 N–H and O–H groups in total. The molecule has 1 saturated carbocycles. The summed E-state index contributed by atoms with van der Waals surface area (Å²) in [5.74, 6) is 1.85. The summed E-state index contributed by atoms with van der Waals surface area (Å²) in [5, 5.41) is 0. The Bertz CT molecular complexity index is 278. The highest BCUT2D eigenvalue weighted by molar-refractivity contribution is 4.98. The molecule has 0 spiro atoms. The number of likely N-dealkylation sites (tertiary alicyclic amines) is 1. The van der Waals surface area contributed by atoms with Crippen molar-refractivity contribution in [3.8, 4) is 0 Å². The lowest BCUT2D eigenvalue weighted by atomic mass is 9.82. The van der Waals surface area contributed by atoms with Gasteiger partial charge in [0, 0.05) is 18.1 Å². The fourth-order valence-corrected chi connectivity index (χ4v) is 4.59. The van der Waals surface area contributed by atoms with E-state index >= 15 is 0 Å². The Kier molecular flexibility index (Phi) is 5.30. The van der Waals surface area contributed by atoms with Crippen LogP contribution in [0.4, 0.5) is 0 Å². The zero-order valence-electron chi connectivity index (χ0n) is 13.3. The van der Waals surface area contributed by atoms with Gasteiger partial charge in [0.1, 0.15) is 0 Å². The van der Waals surface area contributed by atoms with Crippen LogP contribution >= 0.6 is 0 Å². The number of nitrogens with two attached hydrogens (primary N) is 1. The minimum Gasteiger partial charge on any atom is -0.329 e. The van der Waals surface area contributed by atoms with E-state index in [1.165, 1.54) is 57.9 Å². The summed E-state index contributed by atoms with van der Waals surface area (Å²) in [4.78, 5) is 2.80. The summed E-state index contributed by atoms with van der Waals surface area (Å²) in [6.45, 7) is 9.32. The Labute approximate surface area is 120 Å².